The molecule has 2 aliphatic rings. The van der Waals surface area contributed by atoms with Crippen molar-refractivity contribution < 1.29 is 9.13 Å². The maximum atomic E-state index is 2.49. The summed E-state index contributed by atoms with van der Waals surface area (Å²) >= 11 is 0. The molecule has 0 radical (unpaired) electrons. The van der Waals surface area contributed by atoms with Crippen molar-refractivity contribution >= 4 is 0 Å². The van der Waals surface area contributed by atoms with Crippen molar-refractivity contribution in [3.8, 4) is 0 Å². The van der Waals surface area contributed by atoms with Crippen molar-refractivity contribution in [2.45, 2.75) is 57.3 Å². The Kier molecular flexibility index (Phi) is 4.71. The van der Waals surface area contributed by atoms with Gasteiger partial charge in [-0.2, -0.15) is 0 Å². The Morgan fingerprint density at radius 2 is 1.10 bits per heavy atom. The van der Waals surface area contributed by atoms with Gasteiger partial charge in [0.15, 0.2) is 0 Å². The van der Waals surface area contributed by atoms with Gasteiger partial charge in [-0.1, -0.05) is 60.7 Å². The van der Waals surface area contributed by atoms with Gasteiger partial charge in [0.05, 0.1) is 13.1 Å². The summed E-state index contributed by atoms with van der Waals surface area (Å²) < 4.78 is 9.75. The summed E-state index contributed by atoms with van der Waals surface area (Å²) in [5, 5.41) is 0. The van der Waals surface area contributed by atoms with Gasteiger partial charge in [0.2, 0.25) is 12.7 Å². The first-order chi connectivity index (χ1) is 15.3. The number of imidazole rings is 2. The molecule has 0 spiro atoms. The Morgan fingerprint density at radius 1 is 0.645 bits per heavy atom. The van der Waals surface area contributed by atoms with Gasteiger partial charge in [0.25, 0.3) is 0 Å². The zero-order chi connectivity index (χ0) is 20.6. The zero-order valence-corrected chi connectivity index (χ0v) is 18.0. The van der Waals surface area contributed by atoms with E-state index in [1.165, 1.54) is 48.2 Å². The molecule has 2 atom stereocenters. The van der Waals surface area contributed by atoms with Crippen LogP contribution in [0.3, 0.4) is 0 Å². The van der Waals surface area contributed by atoms with Gasteiger partial charge in [0.1, 0.15) is 35.9 Å². The van der Waals surface area contributed by atoms with E-state index in [0.717, 1.165) is 19.5 Å². The Bertz CT molecular complexity index is 1080. The zero-order valence-electron chi connectivity index (χ0n) is 18.0. The molecular weight excluding hydrogens is 380 g/mol. The van der Waals surface area contributed by atoms with Crippen LogP contribution in [0, 0.1) is 0 Å². The van der Waals surface area contributed by atoms with Crippen LogP contribution in [0.2, 0.25) is 0 Å². The van der Waals surface area contributed by atoms with Crippen LogP contribution in [-0.2, 0) is 25.9 Å². The normalized spacial score (nSPS) is 19.5. The molecule has 2 aromatic heterocycles. The van der Waals surface area contributed by atoms with Gasteiger partial charge in [-0.3, -0.25) is 0 Å². The fraction of sp³-hybridized carbons (Fsp3) is 0.333. The van der Waals surface area contributed by atoms with Crippen LogP contribution in [0.5, 0.6) is 0 Å². The summed E-state index contributed by atoms with van der Waals surface area (Å²) in [5.74, 6) is 0. The van der Waals surface area contributed by atoms with Crippen molar-refractivity contribution in [3.05, 3.63) is 108 Å². The topological polar surface area (TPSA) is 17.6 Å². The molecular formula is C27H30N4+2. The molecule has 4 heteroatoms. The SMILES string of the molecule is c1ccc([C@H]2CCc3c[n+](CCC[n+]4cc5n(c4)[C@@H](c4ccccc4)CC5)cn32)cc1. The number of rotatable bonds is 6. The van der Waals surface area contributed by atoms with E-state index < -0.39 is 0 Å². The Labute approximate surface area is 184 Å². The lowest BCUT2D eigenvalue weighted by Gasteiger charge is -2.08. The number of nitrogens with zero attached hydrogens (tertiary/aromatic N) is 4. The van der Waals surface area contributed by atoms with Gasteiger partial charge in [0, 0.05) is 32.1 Å². The molecule has 0 N–H and O–H groups in total. The van der Waals surface area contributed by atoms with Gasteiger partial charge >= 0.3 is 0 Å². The highest BCUT2D eigenvalue weighted by Crippen LogP contribution is 2.31. The fourth-order valence-electron chi connectivity index (χ4n) is 5.53. The molecule has 4 aromatic rings. The second kappa shape index (κ2) is 7.84. The molecule has 4 nitrogen and oxygen atoms in total. The number of hydrogen-bond donors (Lipinski definition) is 0. The summed E-state index contributed by atoms with van der Waals surface area (Å²) in [4.78, 5) is 0. The lowest BCUT2D eigenvalue weighted by molar-refractivity contribution is -0.726. The Balaban J connectivity index is 1.10. The van der Waals surface area contributed by atoms with E-state index in [2.05, 4.69) is 104 Å². The van der Waals surface area contributed by atoms with Crippen LogP contribution in [-0.4, -0.2) is 9.13 Å². The van der Waals surface area contributed by atoms with E-state index in [4.69, 9.17) is 0 Å². The lowest BCUT2D eigenvalue weighted by atomic mass is 10.1. The first-order valence-electron chi connectivity index (χ1n) is 11.6. The number of benzene rings is 2. The Morgan fingerprint density at radius 3 is 1.55 bits per heavy atom. The second-order valence-corrected chi connectivity index (χ2v) is 9.05. The lowest BCUT2D eigenvalue weighted by Crippen LogP contribution is -2.37. The van der Waals surface area contributed by atoms with Gasteiger partial charge in [-0.15, -0.1) is 0 Å². The summed E-state index contributed by atoms with van der Waals surface area (Å²) in [5.41, 5.74) is 5.79. The molecule has 0 saturated carbocycles. The molecule has 0 fully saturated rings. The third kappa shape index (κ3) is 3.50. The number of hydrogen-bond acceptors (Lipinski definition) is 0. The van der Waals surface area contributed by atoms with Crippen LogP contribution in [0.15, 0.2) is 85.7 Å². The van der Waals surface area contributed by atoms with Gasteiger partial charge in [-0.25, -0.2) is 18.3 Å². The van der Waals surface area contributed by atoms with E-state index in [9.17, 15) is 0 Å². The predicted molar refractivity (Wildman–Crippen MR) is 120 cm³/mol. The average Bonchev–Trinajstić information content (AvgIpc) is 3.55. The van der Waals surface area contributed by atoms with E-state index >= 15 is 0 Å². The van der Waals surface area contributed by atoms with Gasteiger partial charge in [-0.05, 0) is 11.1 Å². The number of aryl methyl sites for hydroxylation is 4. The first-order valence-corrected chi connectivity index (χ1v) is 11.6. The summed E-state index contributed by atoms with van der Waals surface area (Å²) in [6.45, 7) is 2.13. The van der Waals surface area contributed by atoms with Crippen LogP contribution < -0.4 is 9.13 Å². The molecule has 2 aromatic carbocycles. The third-order valence-electron chi connectivity index (χ3n) is 7.06. The maximum absolute atomic E-state index is 2.49. The number of fused-ring (bicyclic) bond motifs is 2. The minimum Gasteiger partial charge on any atom is -0.236 e. The van der Waals surface area contributed by atoms with E-state index in [0.29, 0.717) is 12.1 Å². The average molecular weight is 411 g/mol. The summed E-state index contributed by atoms with van der Waals surface area (Å²) in [6, 6.07) is 22.8. The second-order valence-electron chi connectivity index (χ2n) is 9.05. The molecule has 0 saturated heterocycles. The molecule has 4 heterocycles. The first kappa shape index (κ1) is 18.6. The van der Waals surface area contributed by atoms with Crippen molar-refractivity contribution in [3.63, 3.8) is 0 Å². The quantitative estimate of drug-likeness (QED) is 0.427. The molecule has 2 aliphatic heterocycles. The van der Waals surface area contributed by atoms with Gasteiger partial charge < -0.3 is 0 Å². The monoisotopic (exact) mass is 410 g/mol. The molecule has 0 amide bonds. The highest BCUT2D eigenvalue weighted by Gasteiger charge is 2.31. The van der Waals surface area contributed by atoms with Crippen molar-refractivity contribution in [2.24, 2.45) is 0 Å². The minimum absolute atomic E-state index is 0.496. The van der Waals surface area contributed by atoms with Crippen molar-refractivity contribution in [1.82, 2.24) is 9.13 Å². The van der Waals surface area contributed by atoms with E-state index in [-0.39, 0.29) is 0 Å². The van der Waals surface area contributed by atoms with Crippen LogP contribution in [0.1, 0.15) is 53.9 Å². The van der Waals surface area contributed by atoms with Crippen molar-refractivity contribution in [2.75, 3.05) is 0 Å². The molecule has 6 rings (SSSR count). The molecule has 156 valence electrons. The fourth-order valence-corrected chi connectivity index (χ4v) is 5.53. The third-order valence-corrected chi connectivity index (χ3v) is 7.06. The highest BCUT2D eigenvalue weighted by atomic mass is 15.2. The minimum atomic E-state index is 0.496. The van der Waals surface area contributed by atoms with E-state index in [1.54, 1.807) is 0 Å². The van der Waals surface area contributed by atoms with Crippen molar-refractivity contribution in [1.29, 1.82) is 0 Å². The van der Waals surface area contributed by atoms with Crippen LogP contribution in [0.4, 0.5) is 0 Å². The summed E-state index contributed by atoms with van der Waals surface area (Å²) in [7, 11) is 0. The molecule has 0 bridgehead atoms. The van der Waals surface area contributed by atoms with Crippen LogP contribution in [0.25, 0.3) is 0 Å². The Hall–Kier alpha value is -3.14. The standard InChI is InChI=1S/C27H30N4/c1-3-8-22(9-4-1)26-14-12-24-18-28(20-30(24)26)16-7-17-29-19-25-13-15-27(31(25)21-29)23-10-5-2-6-11-23/h1-6,8-11,18-21,26-27H,7,12-17H2/q+2/t26-,27-/m1/s1. The molecule has 31 heavy (non-hydrogen) atoms. The molecule has 0 unspecified atom stereocenters. The summed E-state index contributed by atoms with van der Waals surface area (Å²) in [6.07, 6.45) is 15.3. The highest BCUT2D eigenvalue weighted by molar-refractivity contribution is 5.24. The maximum Gasteiger partial charge on any atom is 0.244 e. The van der Waals surface area contributed by atoms with Crippen LogP contribution >= 0.6 is 0 Å². The largest absolute Gasteiger partial charge is 0.244 e. The smallest absolute Gasteiger partial charge is 0.236 e. The predicted octanol–water partition coefficient (Wildman–Crippen LogP) is 4.03. The van der Waals surface area contributed by atoms with E-state index in [1.807, 2.05) is 0 Å². The number of aromatic nitrogens is 4. The molecule has 0 aliphatic carbocycles.